The molecule has 27 heavy (non-hydrogen) atoms. The highest BCUT2D eigenvalue weighted by Crippen LogP contribution is 2.32. The summed E-state index contributed by atoms with van der Waals surface area (Å²) in [6, 6.07) is 13.5. The average molecular weight is 382 g/mol. The number of aryl methyl sites for hydroxylation is 1. The molecule has 0 aliphatic carbocycles. The minimum Gasteiger partial charge on any atom is -0.481 e. The summed E-state index contributed by atoms with van der Waals surface area (Å²) in [4.78, 5) is 19.2. The van der Waals surface area contributed by atoms with Crippen molar-refractivity contribution in [1.82, 2.24) is 9.97 Å². The first-order chi connectivity index (χ1) is 12.9. The Kier molecular flexibility index (Phi) is 5.20. The first kappa shape index (κ1) is 18.9. The van der Waals surface area contributed by atoms with Gasteiger partial charge in [-0.15, -0.1) is 0 Å². The number of aromatic nitrogens is 2. The molecule has 1 unspecified atom stereocenters. The van der Waals surface area contributed by atoms with Gasteiger partial charge in [0, 0.05) is 23.1 Å². The van der Waals surface area contributed by atoms with Crippen molar-refractivity contribution in [1.29, 1.82) is 5.26 Å². The van der Waals surface area contributed by atoms with Crippen LogP contribution in [0.1, 0.15) is 30.5 Å². The van der Waals surface area contributed by atoms with E-state index >= 15 is 0 Å². The lowest BCUT2D eigenvalue weighted by molar-refractivity contribution is 0.389. The zero-order valence-electron chi connectivity index (χ0n) is 15.5. The van der Waals surface area contributed by atoms with Gasteiger partial charge in [0.15, 0.2) is 0 Å². The van der Waals surface area contributed by atoms with Gasteiger partial charge in [0.2, 0.25) is 5.88 Å². The Morgan fingerprint density at radius 2 is 2.04 bits per heavy atom. The van der Waals surface area contributed by atoms with Gasteiger partial charge in [0.05, 0.1) is 18.6 Å². The number of fused-ring (bicyclic) bond motifs is 1. The fourth-order valence-corrected chi connectivity index (χ4v) is 3.34. The fourth-order valence-electron chi connectivity index (χ4n) is 3.20. The van der Waals surface area contributed by atoms with Gasteiger partial charge in [-0.2, -0.15) is 5.26 Å². The number of halogens is 1. The van der Waals surface area contributed by atoms with Crippen LogP contribution in [0.5, 0.6) is 5.88 Å². The lowest BCUT2D eigenvalue weighted by Crippen LogP contribution is -2.23. The molecule has 0 bridgehead atoms. The predicted molar refractivity (Wildman–Crippen MR) is 106 cm³/mol. The first-order valence-electron chi connectivity index (χ1n) is 8.67. The standard InChI is InChI=1S/C21H20ClN3O2/c1-4-13-9-14-5-7-16(10-17(14)24-19(13)26)21(2,12-23)11-15-6-8-18(22)25-20(15)27-3/h5-10H,4,11H2,1-3H3,(H,24,26). The average Bonchev–Trinajstić information content (AvgIpc) is 2.68. The maximum atomic E-state index is 12.1. The molecule has 5 nitrogen and oxygen atoms in total. The van der Waals surface area contributed by atoms with Gasteiger partial charge in [-0.3, -0.25) is 4.79 Å². The van der Waals surface area contributed by atoms with E-state index < -0.39 is 5.41 Å². The van der Waals surface area contributed by atoms with E-state index in [1.165, 1.54) is 7.11 Å². The second-order valence-electron chi connectivity index (χ2n) is 6.70. The molecule has 0 spiro atoms. The van der Waals surface area contributed by atoms with Crippen molar-refractivity contribution in [3.8, 4) is 11.9 Å². The number of hydrogen-bond donors (Lipinski definition) is 1. The SMILES string of the molecule is CCc1cc2ccc(C(C)(C#N)Cc3ccc(Cl)nc3OC)cc2[nH]c1=O. The highest BCUT2D eigenvalue weighted by Gasteiger charge is 2.29. The molecule has 138 valence electrons. The molecule has 1 aromatic carbocycles. The van der Waals surface area contributed by atoms with E-state index in [1.807, 2.05) is 44.2 Å². The summed E-state index contributed by atoms with van der Waals surface area (Å²) < 4.78 is 5.31. The van der Waals surface area contributed by atoms with Gasteiger partial charge in [-0.05, 0) is 42.5 Å². The molecular formula is C21H20ClN3O2. The lowest BCUT2D eigenvalue weighted by Gasteiger charge is -2.23. The van der Waals surface area contributed by atoms with Crippen molar-refractivity contribution in [2.45, 2.75) is 32.1 Å². The number of aromatic amines is 1. The molecule has 0 fully saturated rings. The Labute approximate surface area is 162 Å². The summed E-state index contributed by atoms with van der Waals surface area (Å²) in [5.41, 5.74) is 2.16. The predicted octanol–water partition coefficient (Wildman–Crippen LogP) is 4.17. The molecule has 0 amide bonds. The summed E-state index contributed by atoms with van der Waals surface area (Å²) in [5.74, 6) is 0.408. The van der Waals surface area contributed by atoms with E-state index in [0.29, 0.717) is 23.9 Å². The van der Waals surface area contributed by atoms with Crippen molar-refractivity contribution >= 4 is 22.5 Å². The first-order valence-corrected chi connectivity index (χ1v) is 9.05. The van der Waals surface area contributed by atoms with Crippen LogP contribution in [-0.2, 0) is 18.3 Å². The molecule has 1 N–H and O–H groups in total. The van der Waals surface area contributed by atoms with Crippen molar-refractivity contribution in [2.75, 3.05) is 7.11 Å². The summed E-state index contributed by atoms with van der Waals surface area (Å²) in [6.45, 7) is 3.81. The third-order valence-electron chi connectivity index (χ3n) is 4.83. The summed E-state index contributed by atoms with van der Waals surface area (Å²) in [6.07, 6.45) is 1.08. The molecular weight excluding hydrogens is 362 g/mol. The Morgan fingerprint density at radius 1 is 1.26 bits per heavy atom. The molecule has 2 aromatic heterocycles. The number of nitrogens with one attached hydrogen (secondary N) is 1. The zero-order valence-corrected chi connectivity index (χ0v) is 16.2. The van der Waals surface area contributed by atoms with Crippen LogP contribution < -0.4 is 10.3 Å². The maximum absolute atomic E-state index is 12.1. The number of ether oxygens (including phenoxy) is 1. The largest absolute Gasteiger partial charge is 0.481 e. The monoisotopic (exact) mass is 381 g/mol. The summed E-state index contributed by atoms with van der Waals surface area (Å²) in [7, 11) is 1.53. The van der Waals surface area contributed by atoms with Crippen LogP contribution in [0.2, 0.25) is 5.15 Å². The number of pyridine rings is 2. The van der Waals surface area contributed by atoms with Gasteiger partial charge >= 0.3 is 0 Å². The molecule has 1 atom stereocenters. The van der Waals surface area contributed by atoms with Crippen LogP contribution in [0, 0.1) is 11.3 Å². The Morgan fingerprint density at radius 3 is 2.70 bits per heavy atom. The van der Waals surface area contributed by atoms with E-state index in [2.05, 4.69) is 16.0 Å². The van der Waals surface area contributed by atoms with Gasteiger partial charge in [-0.1, -0.05) is 36.7 Å². The molecule has 3 rings (SSSR count). The molecule has 0 aliphatic rings. The number of benzene rings is 1. The minimum absolute atomic E-state index is 0.0932. The minimum atomic E-state index is -0.822. The molecule has 3 aromatic rings. The highest BCUT2D eigenvalue weighted by atomic mass is 35.5. The quantitative estimate of drug-likeness (QED) is 0.672. The number of hydrogen-bond acceptors (Lipinski definition) is 4. The second kappa shape index (κ2) is 7.42. The van der Waals surface area contributed by atoms with Crippen LogP contribution in [-0.4, -0.2) is 17.1 Å². The van der Waals surface area contributed by atoms with E-state index in [4.69, 9.17) is 16.3 Å². The van der Waals surface area contributed by atoms with Crippen LogP contribution in [0.3, 0.4) is 0 Å². The zero-order chi connectivity index (χ0) is 19.6. The highest BCUT2D eigenvalue weighted by molar-refractivity contribution is 6.29. The third kappa shape index (κ3) is 3.67. The molecule has 2 heterocycles. The smallest absolute Gasteiger partial charge is 0.251 e. The van der Waals surface area contributed by atoms with Gasteiger partial charge < -0.3 is 9.72 Å². The van der Waals surface area contributed by atoms with E-state index in [9.17, 15) is 10.1 Å². The van der Waals surface area contributed by atoms with Gasteiger partial charge in [0.1, 0.15) is 5.15 Å². The summed E-state index contributed by atoms with van der Waals surface area (Å²) in [5, 5.41) is 11.2. The topological polar surface area (TPSA) is 78.8 Å². The van der Waals surface area contributed by atoms with Gasteiger partial charge in [-0.25, -0.2) is 4.98 Å². The van der Waals surface area contributed by atoms with Crippen molar-refractivity contribution in [2.24, 2.45) is 0 Å². The van der Waals surface area contributed by atoms with Crippen molar-refractivity contribution < 1.29 is 4.74 Å². The maximum Gasteiger partial charge on any atom is 0.251 e. The Hall–Kier alpha value is -2.84. The summed E-state index contributed by atoms with van der Waals surface area (Å²) >= 11 is 5.93. The van der Waals surface area contributed by atoms with E-state index in [0.717, 1.165) is 27.6 Å². The normalized spacial score (nSPS) is 13.1. The third-order valence-corrected chi connectivity index (χ3v) is 5.04. The fraction of sp³-hybridized carbons (Fsp3) is 0.286. The Bertz CT molecular complexity index is 1100. The number of nitrogens with zero attached hydrogens (tertiary/aromatic N) is 2. The Balaban J connectivity index is 2.06. The molecule has 0 radical (unpaired) electrons. The van der Waals surface area contributed by atoms with E-state index in [-0.39, 0.29) is 5.56 Å². The lowest BCUT2D eigenvalue weighted by atomic mass is 9.78. The van der Waals surface area contributed by atoms with E-state index in [1.54, 1.807) is 6.07 Å². The molecule has 0 saturated heterocycles. The number of methoxy groups -OCH3 is 1. The van der Waals surface area contributed by atoms with Gasteiger partial charge in [0.25, 0.3) is 5.56 Å². The van der Waals surface area contributed by atoms with Crippen LogP contribution in [0.15, 0.2) is 41.2 Å². The molecule has 0 aliphatic heterocycles. The van der Waals surface area contributed by atoms with Crippen molar-refractivity contribution in [3.05, 3.63) is 68.6 Å². The number of H-pyrrole nitrogens is 1. The molecule has 0 saturated carbocycles. The second-order valence-corrected chi connectivity index (χ2v) is 7.09. The van der Waals surface area contributed by atoms with Crippen LogP contribution in [0.4, 0.5) is 0 Å². The van der Waals surface area contributed by atoms with Crippen LogP contribution >= 0.6 is 11.6 Å². The molecule has 6 heteroatoms. The van der Waals surface area contributed by atoms with Crippen molar-refractivity contribution in [3.63, 3.8) is 0 Å². The number of rotatable bonds is 5. The number of nitriles is 1. The van der Waals surface area contributed by atoms with Crippen LogP contribution in [0.25, 0.3) is 10.9 Å².